The van der Waals surface area contributed by atoms with Crippen LogP contribution in [0.2, 0.25) is 0 Å². The molecule has 6 heteroatoms. The smallest absolute Gasteiger partial charge is 0.227 e. The van der Waals surface area contributed by atoms with Gasteiger partial charge in [0.15, 0.2) is 0 Å². The van der Waals surface area contributed by atoms with E-state index in [-0.39, 0.29) is 11.7 Å². The van der Waals surface area contributed by atoms with E-state index in [1.54, 1.807) is 6.07 Å². The number of benzene rings is 1. The number of nitrogen functional groups attached to an aromatic ring is 1. The van der Waals surface area contributed by atoms with Crippen molar-refractivity contribution in [3.63, 3.8) is 0 Å². The number of nitrogens with zero attached hydrogens (tertiary/aromatic N) is 2. The standard InChI is InChI=1S/C13H13BrFN3O/c1-7(2)11-12(16)17-6-18-13(11)19-10-5-8(15)3-4-9(10)14/h3-7H,1-2H3,(H2,16,17,18). The lowest BCUT2D eigenvalue weighted by Gasteiger charge is -2.14. The molecule has 0 amide bonds. The predicted molar refractivity (Wildman–Crippen MR) is 74.7 cm³/mol. The van der Waals surface area contributed by atoms with Crippen LogP contribution in [0.25, 0.3) is 0 Å². The van der Waals surface area contributed by atoms with Gasteiger partial charge in [-0.2, -0.15) is 0 Å². The summed E-state index contributed by atoms with van der Waals surface area (Å²) in [4.78, 5) is 8.01. The van der Waals surface area contributed by atoms with Gasteiger partial charge in [0.25, 0.3) is 0 Å². The molecule has 19 heavy (non-hydrogen) atoms. The third-order valence-corrected chi connectivity index (χ3v) is 3.21. The van der Waals surface area contributed by atoms with Crippen molar-refractivity contribution < 1.29 is 9.13 Å². The SMILES string of the molecule is CC(C)c1c(N)ncnc1Oc1cc(F)ccc1Br. The first-order chi connectivity index (χ1) is 8.99. The van der Waals surface area contributed by atoms with Crippen LogP contribution in [0, 0.1) is 5.82 Å². The third kappa shape index (κ3) is 3.01. The van der Waals surface area contributed by atoms with Crippen molar-refractivity contribution in [3.05, 3.63) is 40.4 Å². The van der Waals surface area contributed by atoms with Crippen LogP contribution in [0.1, 0.15) is 25.3 Å². The highest BCUT2D eigenvalue weighted by Gasteiger charge is 2.16. The van der Waals surface area contributed by atoms with Crippen LogP contribution >= 0.6 is 15.9 Å². The van der Waals surface area contributed by atoms with Crippen molar-refractivity contribution in [2.24, 2.45) is 0 Å². The zero-order valence-electron chi connectivity index (χ0n) is 10.5. The van der Waals surface area contributed by atoms with Crippen LogP contribution in [-0.4, -0.2) is 9.97 Å². The third-order valence-electron chi connectivity index (χ3n) is 2.56. The normalized spacial score (nSPS) is 10.8. The molecule has 1 heterocycles. The average molecular weight is 326 g/mol. The second-order valence-electron chi connectivity index (χ2n) is 4.31. The summed E-state index contributed by atoms with van der Waals surface area (Å²) < 4.78 is 19.5. The number of aromatic nitrogens is 2. The van der Waals surface area contributed by atoms with Gasteiger partial charge in [-0.3, -0.25) is 0 Å². The lowest BCUT2D eigenvalue weighted by atomic mass is 10.1. The van der Waals surface area contributed by atoms with Crippen LogP contribution < -0.4 is 10.5 Å². The summed E-state index contributed by atoms with van der Waals surface area (Å²) in [7, 11) is 0. The predicted octanol–water partition coefficient (Wildman–Crippen LogP) is 3.88. The molecule has 0 aliphatic rings. The van der Waals surface area contributed by atoms with Gasteiger partial charge in [-0.1, -0.05) is 13.8 Å². The van der Waals surface area contributed by atoms with Crippen LogP contribution in [0.5, 0.6) is 11.6 Å². The molecule has 0 radical (unpaired) electrons. The van der Waals surface area contributed by atoms with E-state index in [1.165, 1.54) is 18.5 Å². The van der Waals surface area contributed by atoms with Gasteiger partial charge in [-0.25, -0.2) is 14.4 Å². The highest BCUT2D eigenvalue weighted by molar-refractivity contribution is 9.10. The maximum atomic E-state index is 13.2. The second-order valence-corrected chi connectivity index (χ2v) is 5.16. The quantitative estimate of drug-likeness (QED) is 0.930. The van der Waals surface area contributed by atoms with Crippen molar-refractivity contribution in [1.29, 1.82) is 0 Å². The minimum absolute atomic E-state index is 0.100. The van der Waals surface area contributed by atoms with Gasteiger partial charge >= 0.3 is 0 Å². The number of halogens is 2. The molecule has 0 spiro atoms. The Balaban J connectivity index is 2.44. The van der Waals surface area contributed by atoms with E-state index < -0.39 is 0 Å². The summed E-state index contributed by atoms with van der Waals surface area (Å²) in [5.74, 6) is 0.774. The van der Waals surface area contributed by atoms with Crippen LogP contribution in [0.4, 0.5) is 10.2 Å². The lowest BCUT2D eigenvalue weighted by molar-refractivity contribution is 0.445. The Morgan fingerprint density at radius 1 is 1.32 bits per heavy atom. The van der Waals surface area contributed by atoms with Gasteiger partial charge in [0.2, 0.25) is 5.88 Å². The summed E-state index contributed by atoms with van der Waals surface area (Å²) in [6.45, 7) is 3.92. The van der Waals surface area contributed by atoms with E-state index in [4.69, 9.17) is 10.5 Å². The Bertz CT molecular complexity index is 604. The van der Waals surface area contributed by atoms with Gasteiger partial charge in [-0.15, -0.1) is 0 Å². The van der Waals surface area contributed by atoms with E-state index in [9.17, 15) is 4.39 Å². The van der Waals surface area contributed by atoms with Crippen LogP contribution in [-0.2, 0) is 0 Å². The fraction of sp³-hybridized carbons (Fsp3) is 0.231. The van der Waals surface area contributed by atoms with Gasteiger partial charge in [0, 0.05) is 6.07 Å². The maximum Gasteiger partial charge on any atom is 0.227 e. The largest absolute Gasteiger partial charge is 0.437 e. The number of hydrogen-bond acceptors (Lipinski definition) is 4. The Hall–Kier alpha value is -1.69. The average Bonchev–Trinajstić information content (AvgIpc) is 2.33. The van der Waals surface area contributed by atoms with E-state index in [2.05, 4.69) is 25.9 Å². The van der Waals surface area contributed by atoms with Crippen LogP contribution in [0.3, 0.4) is 0 Å². The molecule has 0 saturated carbocycles. The minimum Gasteiger partial charge on any atom is -0.437 e. The highest BCUT2D eigenvalue weighted by Crippen LogP contribution is 2.34. The molecule has 0 fully saturated rings. The first-order valence-corrected chi connectivity index (χ1v) is 6.51. The number of ether oxygens (including phenoxy) is 1. The Kier molecular flexibility index (Phi) is 3.99. The molecule has 2 rings (SSSR count). The molecule has 1 aromatic carbocycles. The molecular weight excluding hydrogens is 313 g/mol. The second kappa shape index (κ2) is 5.52. The van der Waals surface area contributed by atoms with Gasteiger partial charge < -0.3 is 10.5 Å². The summed E-state index contributed by atoms with van der Waals surface area (Å²) >= 11 is 3.30. The minimum atomic E-state index is -0.383. The van der Waals surface area contributed by atoms with Crippen molar-refractivity contribution in [2.45, 2.75) is 19.8 Å². The highest BCUT2D eigenvalue weighted by atomic mass is 79.9. The van der Waals surface area contributed by atoms with Gasteiger partial charge in [0.1, 0.15) is 23.7 Å². The summed E-state index contributed by atoms with van der Waals surface area (Å²) in [6.07, 6.45) is 1.32. The van der Waals surface area contributed by atoms with Crippen molar-refractivity contribution >= 4 is 21.7 Å². The zero-order chi connectivity index (χ0) is 14.0. The molecule has 0 bridgehead atoms. The Morgan fingerprint density at radius 2 is 2.05 bits per heavy atom. The first kappa shape index (κ1) is 13.7. The number of anilines is 1. The zero-order valence-corrected chi connectivity index (χ0v) is 12.1. The molecular formula is C13H13BrFN3O. The molecule has 0 aliphatic carbocycles. The maximum absolute atomic E-state index is 13.2. The fourth-order valence-electron chi connectivity index (χ4n) is 1.68. The van der Waals surface area contributed by atoms with Gasteiger partial charge in [0.05, 0.1) is 10.0 Å². The number of hydrogen-bond donors (Lipinski definition) is 1. The summed E-state index contributed by atoms with van der Waals surface area (Å²) in [6, 6.07) is 4.20. The Labute approximate surface area is 119 Å². The molecule has 0 saturated heterocycles. The lowest BCUT2D eigenvalue weighted by Crippen LogP contribution is -2.04. The summed E-state index contributed by atoms with van der Waals surface area (Å²) in [5, 5.41) is 0. The molecule has 2 N–H and O–H groups in total. The molecule has 0 unspecified atom stereocenters. The van der Waals surface area contributed by atoms with Crippen molar-refractivity contribution in [2.75, 3.05) is 5.73 Å². The first-order valence-electron chi connectivity index (χ1n) is 5.72. The fourth-order valence-corrected chi connectivity index (χ4v) is 2.00. The molecule has 2 aromatic rings. The van der Waals surface area contributed by atoms with Gasteiger partial charge in [-0.05, 0) is 34.0 Å². The topological polar surface area (TPSA) is 61.0 Å². The van der Waals surface area contributed by atoms with Crippen LogP contribution in [0.15, 0.2) is 29.0 Å². The number of rotatable bonds is 3. The van der Waals surface area contributed by atoms with E-state index >= 15 is 0 Å². The molecule has 0 aliphatic heterocycles. The van der Waals surface area contributed by atoms with Crippen molar-refractivity contribution in [3.8, 4) is 11.6 Å². The molecule has 0 atom stereocenters. The van der Waals surface area contributed by atoms with E-state index in [1.807, 2.05) is 13.8 Å². The number of nitrogens with two attached hydrogens (primary N) is 1. The van der Waals surface area contributed by atoms with Crippen molar-refractivity contribution in [1.82, 2.24) is 9.97 Å². The molecule has 100 valence electrons. The monoisotopic (exact) mass is 325 g/mol. The Morgan fingerprint density at radius 3 is 2.74 bits per heavy atom. The van der Waals surface area contributed by atoms with E-state index in [0.717, 1.165) is 0 Å². The molecule has 1 aromatic heterocycles. The molecule has 4 nitrogen and oxygen atoms in total. The van der Waals surface area contributed by atoms with E-state index in [0.29, 0.717) is 27.5 Å². The summed E-state index contributed by atoms with van der Waals surface area (Å²) in [5.41, 5.74) is 6.53.